The van der Waals surface area contributed by atoms with Crippen LogP contribution in [-0.2, 0) is 9.47 Å². The Morgan fingerprint density at radius 2 is 2.33 bits per heavy atom. The average molecular weight is 343 g/mol. The molecule has 2 N–H and O–H groups in total. The molecule has 0 unspecified atom stereocenters. The summed E-state index contributed by atoms with van der Waals surface area (Å²) in [7, 11) is 0. The Morgan fingerprint density at radius 3 is 2.96 bits per heavy atom. The largest absolute Gasteiger partial charge is 0.449 e. The number of hydrogen-bond donors (Lipinski definition) is 2. The highest BCUT2D eigenvalue weighted by Gasteiger charge is 2.33. The maximum absolute atomic E-state index is 14.1. The number of amides is 1. The van der Waals surface area contributed by atoms with Crippen LogP contribution >= 0.6 is 0 Å². The van der Waals surface area contributed by atoms with Gasteiger partial charge in [0.15, 0.2) is 11.6 Å². The standard InChI is InChI=1S/C15H22FN3O5/c1-3-4-5-6-23-15(22)18-13-10(16)8-19(14(21)17-13)12-7-11(20)9(2)24-12/h8-9,11-12,20H,3-7H2,1-2H3,(H,17,18,21,22)/t9-,11+,12-/m1/s1. The number of hydrogen-bond acceptors (Lipinski definition) is 6. The summed E-state index contributed by atoms with van der Waals surface area (Å²) >= 11 is 0. The number of carbonyl (C=O) groups is 1. The summed E-state index contributed by atoms with van der Waals surface area (Å²) in [4.78, 5) is 27.1. The maximum Gasteiger partial charge on any atom is 0.412 e. The first kappa shape index (κ1) is 18.3. The second-order valence-corrected chi connectivity index (χ2v) is 5.69. The smallest absolute Gasteiger partial charge is 0.412 e. The van der Waals surface area contributed by atoms with Crippen molar-refractivity contribution in [1.29, 1.82) is 0 Å². The van der Waals surface area contributed by atoms with Crippen molar-refractivity contribution in [2.75, 3.05) is 11.9 Å². The number of ether oxygens (including phenoxy) is 2. The lowest BCUT2D eigenvalue weighted by atomic mass is 10.2. The molecule has 0 radical (unpaired) electrons. The maximum atomic E-state index is 14.1. The van der Waals surface area contributed by atoms with E-state index in [1.807, 2.05) is 6.92 Å². The second-order valence-electron chi connectivity index (χ2n) is 5.69. The number of rotatable bonds is 6. The third-order valence-corrected chi connectivity index (χ3v) is 3.78. The van der Waals surface area contributed by atoms with Crippen molar-refractivity contribution in [1.82, 2.24) is 9.55 Å². The quantitative estimate of drug-likeness (QED) is 0.764. The van der Waals surface area contributed by atoms with E-state index in [2.05, 4.69) is 10.3 Å². The molecule has 0 spiro atoms. The Balaban J connectivity index is 2.02. The van der Waals surface area contributed by atoms with Crippen molar-refractivity contribution in [3.05, 3.63) is 22.5 Å². The highest BCUT2D eigenvalue weighted by Crippen LogP contribution is 2.27. The van der Waals surface area contributed by atoms with E-state index in [0.717, 1.165) is 23.6 Å². The lowest BCUT2D eigenvalue weighted by molar-refractivity contribution is -0.0104. The van der Waals surface area contributed by atoms with Gasteiger partial charge in [-0.25, -0.2) is 14.0 Å². The number of nitrogens with one attached hydrogen (secondary N) is 1. The summed E-state index contributed by atoms with van der Waals surface area (Å²) in [6.45, 7) is 3.89. The van der Waals surface area contributed by atoms with E-state index in [4.69, 9.17) is 9.47 Å². The third-order valence-electron chi connectivity index (χ3n) is 3.78. The van der Waals surface area contributed by atoms with Gasteiger partial charge in [0.1, 0.15) is 6.23 Å². The van der Waals surface area contributed by atoms with E-state index in [1.165, 1.54) is 0 Å². The summed E-state index contributed by atoms with van der Waals surface area (Å²) in [6.07, 6.45) is 0.821. The zero-order valence-electron chi connectivity index (χ0n) is 13.7. The molecule has 1 fully saturated rings. The van der Waals surface area contributed by atoms with Gasteiger partial charge in [-0.2, -0.15) is 4.98 Å². The normalized spacial score (nSPS) is 23.2. The molecule has 0 aromatic carbocycles. The fraction of sp³-hybridized carbons (Fsp3) is 0.667. The topological polar surface area (TPSA) is 103 Å². The molecule has 2 rings (SSSR count). The SMILES string of the molecule is CCCCCOC(=O)Nc1nc(=O)n([C@H]2C[C@H](O)[C@@H](C)O2)cc1F. The Morgan fingerprint density at radius 1 is 1.58 bits per heavy atom. The van der Waals surface area contributed by atoms with Gasteiger partial charge in [0.2, 0.25) is 0 Å². The summed E-state index contributed by atoms with van der Waals surface area (Å²) in [6, 6.07) is 0. The van der Waals surface area contributed by atoms with E-state index in [-0.39, 0.29) is 13.0 Å². The Hall–Kier alpha value is -2.00. The van der Waals surface area contributed by atoms with Crippen molar-refractivity contribution in [3.8, 4) is 0 Å². The van der Waals surface area contributed by atoms with Gasteiger partial charge in [0, 0.05) is 6.42 Å². The highest BCUT2D eigenvalue weighted by atomic mass is 19.1. The number of aromatic nitrogens is 2. The molecule has 1 aromatic heterocycles. The lowest BCUT2D eigenvalue weighted by Gasteiger charge is -2.14. The predicted molar refractivity (Wildman–Crippen MR) is 83.2 cm³/mol. The van der Waals surface area contributed by atoms with Gasteiger partial charge in [-0.1, -0.05) is 19.8 Å². The molecule has 0 saturated carbocycles. The summed E-state index contributed by atoms with van der Waals surface area (Å²) in [5.74, 6) is -1.39. The molecular formula is C15H22FN3O5. The van der Waals surface area contributed by atoms with Gasteiger partial charge in [-0.15, -0.1) is 0 Å². The molecular weight excluding hydrogens is 321 g/mol. The van der Waals surface area contributed by atoms with Crippen LogP contribution in [0.4, 0.5) is 15.0 Å². The molecule has 1 saturated heterocycles. The van der Waals surface area contributed by atoms with Crippen molar-refractivity contribution < 1.29 is 23.8 Å². The zero-order valence-corrected chi connectivity index (χ0v) is 13.7. The van der Waals surface area contributed by atoms with E-state index in [0.29, 0.717) is 6.42 Å². The average Bonchev–Trinajstić information content (AvgIpc) is 2.86. The minimum atomic E-state index is -0.891. The van der Waals surface area contributed by atoms with Crippen LogP contribution < -0.4 is 11.0 Å². The molecule has 2 heterocycles. The van der Waals surface area contributed by atoms with Crippen LogP contribution in [0.1, 0.15) is 45.8 Å². The van der Waals surface area contributed by atoms with Crippen molar-refractivity contribution in [2.45, 2.75) is 58.0 Å². The number of anilines is 1. The van der Waals surface area contributed by atoms with Crippen molar-refractivity contribution in [3.63, 3.8) is 0 Å². The second kappa shape index (κ2) is 8.20. The van der Waals surface area contributed by atoms with Crippen LogP contribution in [-0.4, -0.2) is 39.6 Å². The number of carbonyl (C=O) groups excluding carboxylic acids is 1. The van der Waals surface area contributed by atoms with E-state index < -0.39 is 41.9 Å². The Kier molecular flexibility index (Phi) is 6.27. The molecule has 1 aliphatic heterocycles. The van der Waals surface area contributed by atoms with Gasteiger partial charge in [0.25, 0.3) is 0 Å². The van der Waals surface area contributed by atoms with Crippen LogP contribution in [0, 0.1) is 5.82 Å². The fourth-order valence-corrected chi connectivity index (χ4v) is 2.36. The van der Waals surface area contributed by atoms with Crippen LogP contribution in [0.5, 0.6) is 0 Å². The number of unbranched alkanes of at least 4 members (excludes halogenated alkanes) is 2. The molecule has 8 nitrogen and oxygen atoms in total. The van der Waals surface area contributed by atoms with Crippen LogP contribution in [0.25, 0.3) is 0 Å². The van der Waals surface area contributed by atoms with Crippen molar-refractivity contribution >= 4 is 11.9 Å². The third kappa shape index (κ3) is 4.51. The molecule has 1 amide bonds. The number of halogens is 1. The molecule has 134 valence electrons. The van der Waals surface area contributed by atoms with Crippen LogP contribution in [0.3, 0.4) is 0 Å². The first-order chi connectivity index (χ1) is 11.4. The molecule has 1 aromatic rings. The molecule has 3 atom stereocenters. The van der Waals surface area contributed by atoms with Gasteiger partial charge >= 0.3 is 11.8 Å². The number of nitrogens with zero attached hydrogens (tertiary/aromatic N) is 2. The van der Waals surface area contributed by atoms with Crippen LogP contribution in [0.2, 0.25) is 0 Å². The number of aliphatic hydroxyl groups is 1. The molecule has 0 aliphatic carbocycles. The Bertz CT molecular complexity index is 626. The lowest BCUT2D eigenvalue weighted by Crippen LogP contribution is -2.29. The minimum Gasteiger partial charge on any atom is -0.449 e. The number of aliphatic hydroxyl groups excluding tert-OH is 1. The van der Waals surface area contributed by atoms with Crippen molar-refractivity contribution in [2.24, 2.45) is 0 Å². The van der Waals surface area contributed by atoms with Crippen LogP contribution in [0.15, 0.2) is 11.0 Å². The summed E-state index contributed by atoms with van der Waals surface area (Å²) in [5.41, 5.74) is -0.788. The molecule has 9 heteroatoms. The van der Waals surface area contributed by atoms with E-state index in [1.54, 1.807) is 6.92 Å². The van der Waals surface area contributed by atoms with E-state index >= 15 is 0 Å². The van der Waals surface area contributed by atoms with Gasteiger partial charge < -0.3 is 14.6 Å². The first-order valence-corrected chi connectivity index (χ1v) is 7.98. The first-order valence-electron chi connectivity index (χ1n) is 7.98. The molecule has 0 bridgehead atoms. The monoisotopic (exact) mass is 343 g/mol. The summed E-state index contributed by atoms with van der Waals surface area (Å²) < 4.78 is 25.3. The fourth-order valence-electron chi connectivity index (χ4n) is 2.36. The highest BCUT2D eigenvalue weighted by molar-refractivity contribution is 5.83. The minimum absolute atomic E-state index is 0.161. The zero-order chi connectivity index (χ0) is 17.7. The molecule has 24 heavy (non-hydrogen) atoms. The van der Waals surface area contributed by atoms with Gasteiger partial charge in [-0.3, -0.25) is 9.88 Å². The molecule has 1 aliphatic rings. The Labute approximate surface area is 138 Å². The van der Waals surface area contributed by atoms with Gasteiger partial charge in [0.05, 0.1) is 25.0 Å². The van der Waals surface area contributed by atoms with E-state index in [9.17, 15) is 19.1 Å². The van der Waals surface area contributed by atoms with Gasteiger partial charge in [-0.05, 0) is 13.3 Å². The summed E-state index contributed by atoms with van der Waals surface area (Å²) in [5, 5.41) is 11.8. The predicted octanol–water partition coefficient (Wildman–Crippen LogP) is 1.79.